The van der Waals surface area contributed by atoms with Crippen LogP contribution in [0.15, 0.2) is 0 Å². The number of rotatable bonds is 21. The fraction of sp³-hybridized carbons (Fsp3) is 0.960. The molecule has 5 heteroatoms. The molecule has 0 heterocycles. The van der Waals surface area contributed by atoms with E-state index >= 15 is 0 Å². The number of amides is 1. The Kier molecular flexibility index (Phi) is 19.8. The van der Waals surface area contributed by atoms with Crippen LogP contribution in [-0.2, 0) is 4.79 Å². The summed E-state index contributed by atoms with van der Waals surface area (Å²) in [6.07, 6.45) is 19.1. The fourth-order valence-electron chi connectivity index (χ4n) is 4.07. The highest BCUT2D eigenvalue weighted by molar-refractivity contribution is 5.75. The smallest absolute Gasteiger partial charge is 0.237 e. The highest BCUT2D eigenvalue weighted by Gasteiger charge is 2.27. The molecule has 0 saturated heterocycles. The van der Waals surface area contributed by atoms with Gasteiger partial charge in [-0.15, -0.1) is 0 Å². The third kappa shape index (κ3) is 15.2. The summed E-state index contributed by atoms with van der Waals surface area (Å²) >= 11 is 0. The maximum absolute atomic E-state index is 12.6. The third-order valence-electron chi connectivity index (χ3n) is 5.76. The number of carbonyl (C=O) groups is 1. The molecule has 180 valence electrons. The van der Waals surface area contributed by atoms with E-state index < -0.39 is 12.5 Å². The maximum atomic E-state index is 12.6. The van der Waals surface area contributed by atoms with Crippen LogP contribution < -0.4 is 0 Å². The molecule has 2 unspecified atom stereocenters. The Morgan fingerprint density at radius 3 is 1.33 bits per heavy atom. The number of aliphatic hydroxyl groups excluding tert-OH is 2. The second kappa shape index (κ2) is 20.3. The van der Waals surface area contributed by atoms with Crippen LogP contribution in [0, 0.1) is 0 Å². The van der Waals surface area contributed by atoms with E-state index in [4.69, 9.17) is 0 Å². The Balaban J connectivity index is 3.71. The van der Waals surface area contributed by atoms with E-state index in [0.717, 1.165) is 19.3 Å². The fourth-order valence-corrected chi connectivity index (χ4v) is 4.07. The van der Waals surface area contributed by atoms with Crippen molar-refractivity contribution in [2.75, 3.05) is 6.54 Å². The van der Waals surface area contributed by atoms with Crippen LogP contribution in [0.2, 0.25) is 0 Å². The Morgan fingerprint density at radius 2 is 1.00 bits per heavy atom. The molecule has 2 atom stereocenters. The molecule has 0 aromatic heterocycles. The molecule has 0 aromatic rings. The molecule has 0 aliphatic rings. The predicted octanol–water partition coefficient (Wildman–Crippen LogP) is 6.38. The van der Waals surface area contributed by atoms with Gasteiger partial charge in [-0.3, -0.25) is 9.80 Å². The molecule has 5 nitrogen and oxygen atoms in total. The van der Waals surface area contributed by atoms with E-state index in [-0.39, 0.29) is 5.91 Å². The number of hydrogen-bond donors (Lipinski definition) is 2. The topological polar surface area (TPSA) is 64.0 Å². The van der Waals surface area contributed by atoms with Gasteiger partial charge in [-0.1, -0.05) is 104 Å². The molecular formula is C25H52N2O3. The van der Waals surface area contributed by atoms with Gasteiger partial charge in [0.1, 0.15) is 12.5 Å². The van der Waals surface area contributed by atoms with E-state index in [9.17, 15) is 15.0 Å². The number of aliphatic hydroxyl groups is 2. The molecule has 1 amide bonds. The SMILES string of the molecule is CCCCCCCCCCCCCCCCCC(=O)N(CCC)N(C(C)O)C(C)O. The minimum atomic E-state index is -0.887. The quantitative estimate of drug-likeness (QED) is 0.126. The van der Waals surface area contributed by atoms with Crippen LogP contribution in [0.1, 0.15) is 137 Å². The second-order valence-electron chi connectivity index (χ2n) is 8.86. The lowest BCUT2D eigenvalue weighted by atomic mass is 10.0. The zero-order valence-corrected chi connectivity index (χ0v) is 20.6. The van der Waals surface area contributed by atoms with Gasteiger partial charge in [0.25, 0.3) is 0 Å². The van der Waals surface area contributed by atoms with Crippen molar-refractivity contribution in [2.24, 2.45) is 0 Å². The van der Waals surface area contributed by atoms with Crippen LogP contribution in [0.4, 0.5) is 0 Å². The number of unbranched alkanes of at least 4 members (excludes halogenated alkanes) is 14. The normalized spacial score (nSPS) is 13.6. The van der Waals surface area contributed by atoms with Crippen LogP contribution >= 0.6 is 0 Å². The van der Waals surface area contributed by atoms with Crippen molar-refractivity contribution in [3.8, 4) is 0 Å². The summed E-state index contributed by atoms with van der Waals surface area (Å²) in [5, 5.41) is 22.7. The van der Waals surface area contributed by atoms with E-state index in [1.54, 1.807) is 13.8 Å². The van der Waals surface area contributed by atoms with E-state index in [1.807, 2.05) is 6.92 Å². The van der Waals surface area contributed by atoms with Gasteiger partial charge >= 0.3 is 0 Å². The number of carbonyl (C=O) groups excluding carboxylic acids is 1. The molecule has 0 spiro atoms. The van der Waals surface area contributed by atoms with E-state index in [0.29, 0.717) is 13.0 Å². The van der Waals surface area contributed by atoms with Crippen molar-refractivity contribution in [3.63, 3.8) is 0 Å². The van der Waals surface area contributed by atoms with Gasteiger partial charge in [0, 0.05) is 13.0 Å². The lowest BCUT2D eigenvalue weighted by Gasteiger charge is -2.38. The highest BCUT2D eigenvalue weighted by atomic mass is 16.3. The van der Waals surface area contributed by atoms with Gasteiger partial charge in [0.15, 0.2) is 0 Å². The van der Waals surface area contributed by atoms with Gasteiger partial charge < -0.3 is 10.2 Å². The summed E-state index contributed by atoms with van der Waals surface area (Å²) in [5.74, 6) is -0.00616. The first-order chi connectivity index (χ1) is 14.5. The zero-order chi connectivity index (χ0) is 22.6. The van der Waals surface area contributed by atoms with Crippen molar-refractivity contribution in [1.82, 2.24) is 10.0 Å². The average molecular weight is 429 g/mol. The molecule has 0 fully saturated rings. The van der Waals surface area contributed by atoms with Gasteiger partial charge in [-0.25, -0.2) is 0 Å². The molecule has 0 rings (SSSR count). The summed E-state index contributed by atoms with van der Waals surface area (Å²) in [7, 11) is 0. The maximum Gasteiger partial charge on any atom is 0.237 e. The van der Waals surface area contributed by atoms with Gasteiger partial charge in [0.05, 0.1) is 0 Å². The zero-order valence-electron chi connectivity index (χ0n) is 20.6. The molecule has 30 heavy (non-hydrogen) atoms. The van der Waals surface area contributed by atoms with Crippen molar-refractivity contribution in [2.45, 2.75) is 149 Å². The Hall–Kier alpha value is -0.650. The summed E-state index contributed by atoms with van der Waals surface area (Å²) in [6, 6.07) is 0. The second-order valence-corrected chi connectivity index (χ2v) is 8.86. The lowest BCUT2D eigenvalue weighted by molar-refractivity contribution is -0.210. The number of hydrogen-bond acceptors (Lipinski definition) is 4. The number of hydrazine groups is 1. The Labute approximate surface area is 187 Å². The standard InChI is InChI=1S/C25H52N2O3/c1-5-7-8-9-10-11-12-13-14-15-16-17-18-19-20-21-25(30)26(22-6-2)27(23(3)28)24(4)29/h23-24,28-29H,5-22H2,1-4H3. The minimum absolute atomic E-state index is 0.00616. The summed E-state index contributed by atoms with van der Waals surface area (Å²) in [5.41, 5.74) is 0. The first kappa shape index (κ1) is 29.4. The molecule has 0 bridgehead atoms. The van der Waals surface area contributed by atoms with E-state index in [1.165, 1.54) is 93.5 Å². The Bertz CT molecular complexity index is 381. The number of nitrogens with zero attached hydrogens (tertiary/aromatic N) is 2. The van der Waals surface area contributed by atoms with Crippen LogP contribution in [0.25, 0.3) is 0 Å². The first-order valence-corrected chi connectivity index (χ1v) is 12.9. The van der Waals surface area contributed by atoms with Crippen LogP contribution in [0.5, 0.6) is 0 Å². The highest BCUT2D eigenvalue weighted by Crippen LogP contribution is 2.15. The van der Waals surface area contributed by atoms with Gasteiger partial charge in [0.2, 0.25) is 5.91 Å². The minimum Gasteiger partial charge on any atom is -0.377 e. The van der Waals surface area contributed by atoms with Gasteiger partial charge in [-0.2, -0.15) is 5.01 Å². The predicted molar refractivity (Wildman–Crippen MR) is 127 cm³/mol. The molecule has 0 radical (unpaired) electrons. The molecule has 0 aliphatic heterocycles. The van der Waals surface area contributed by atoms with Crippen LogP contribution in [0.3, 0.4) is 0 Å². The summed E-state index contributed by atoms with van der Waals surface area (Å²) < 4.78 is 0. The van der Waals surface area contributed by atoms with Gasteiger partial charge in [-0.05, 0) is 26.7 Å². The molecule has 0 aromatic carbocycles. The molecule has 2 N–H and O–H groups in total. The monoisotopic (exact) mass is 428 g/mol. The van der Waals surface area contributed by atoms with Crippen LogP contribution in [-0.4, -0.2) is 45.1 Å². The third-order valence-corrected chi connectivity index (χ3v) is 5.76. The van der Waals surface area contributed by atoms with Crippen molar-refractivity contribution in [1.29, 1.82) is 0 Å². The summed E-state index contributed by atoms with van der Waals surface area (Å²) in [6.45, 7) is 7.95. The van der Waals surface area contributed by atoms with Crippen molar-refractivity contribution >= 4 is 5.91 Å². The first-order valence-electron chi connectivity index (χ1n) is 12.9. The largest absolute Gasteiger partial charge is 0.377 e. The Morgan fingerprint density at radius 1 is 0.633 bits per heavy atom. The molecule has 0 aliphatic carbocycles. The lowest BCUT2D eigenvalue weighted by Crippen LogP contribution is -2.55. The van der Waals surface area contributed by atoms with E-state index in [2.05, 4.69) is 6.92 Å². The summed E-state index contributed by atoms with van der Waals surface area (Å²) in [4.78, 5) is 12.6. The average Bonchev–Trinajstić information content (AvgIpc) is 2.69. The van der Waals surface area contributed by atoms with Crippen molar-refractivity contribution < 1.29 is 15.0 Å². The van der Waals surface area contributed by atoms with Crippen molar-refractivity contribution in [3.05, 3.63) is 0 Å². The molecular weight excluding hydrogens is 376 g/mol. The molecule has 0 saturated carbocycles.